The summed E-state index contributed by atoms with van der Waals surface area (Å²) in [7, 11) is 1.27. The van der Waals surface area contributed by atoms with Gasteiger partial charge in [-0.2, -0.15) is 0 Å². The Labute approximate surface area is 118 Å². The molecule has 110 valence electrons. The highest BCUT2D eigenvalue weighted by Gasteiger charge is 2.23. The Bertz CT molecular complexity index is 480. The maximum atomic E-state index is 13.3. The minimum Gasteiger partial charge on any atom is -0.467 e. The third kappa shape index (κ3) is 4.64. The molecule has 0 fully saturated rings. The number of hydrogen-bond donors (Lipinski definition) is 1. The van der Waals surface area contributed by atoms with Crippen molar-refractivity contribution in [2.24, 2.45) is 5.92 Å². The number of aryl methyl sites for hydroxylation is 1. The van der Waals surface area contributed by atoms with Gasteiger partial charge >= 0.3 is 5.97 Å². The molecule has 0 saturated heterocycles. The first-order chi connectivity index (χ1) is 9.33. The second-order valence-corrected chi connectivity index (χ2v) is 5.20. The summed E-state index contributed by atoms with van der Waals surface area (Å²) in [6.45, 7) is 5.58. The van der Waals surface area contributed by atoms with E-state index in [1.165, 1.54) is 13.2 Å². The standard InChI is InChI=1S/C15H20FNO3/c1-9(2)5-13(15(19)20-4)17-14(18)11-6-10(3)7-12(16)8-11/h6-9,13H,5H2,1-4H3,(H,17,18). The van der Waals surface area contributed by atoms with Crippen molar-refractivity contribution < 1.29 is 18.7 Å². The van der Waals surface area contributed by atoms with Gasteiger partial charge in [-0.15, -0.1) is 0 Å². The van der Waals surface area contributed by atoms with Gasteiger partial charge in [0.2, 0.25) is 0 Å². The minimum absolute atomic E-state index is 0.195. The molecule has 0 aliphatic rings. The minimum atomic E-state index is -0.726. The van der Waals surface area contributed by atoms with E-state index in [9.17, 15) is 14.0 Å². The second kappa shape index (κ2) is 7.03. The molecule has 5 heteroatoms. The van der Waals surface area contributed by atoms with Gasteiger partial charge in [-0.05, 0) is 43.0 Å². The third-order valence-corrected chi connectivity index (χ3v) is 2.80. The molecule has 0 aromatic heterocycles. The Hall–Kier alpha value is -1.91. The highest BCUT2D eigenvalue weighted by Crippen LogP contribution is 2.11. The van der Waals surface area contributed by atoms with Gasteiger partial charge in [-0.1, -0.05) is 13.8 Å². The fourth-order valence-electron chi connectivity index (χ4n) is 1.94. The van der Waals surface area contributed by atoms with Crippen LogP contribution >= 0.6 is 0 Å². The number of amides is 1. The van der Waals surface area contributed by atoms with Crippen molar-refractivity contribution in [1.82, 2.24) is 5.32 Å². The number of esters is 1. The average molecular weight is 281 g/mol. The molecule has 1 aromatic carbocycles. The summed E-state index contributed by atoms with van der Waals surface area (Å²) in [6, 6.07) is 3.33. The smallest absolute Gasteiger partial charge is 0.328 e. The summed E-state index contributed by atoms with van der Waals surface area (Å²) < 4.78 is 18.0. The van der Waals surface area contributed by atoms with Crippen molar-refractivity contribution in [3.8, 4) is 0 Å². The number of nitrogens with one attached hydrogen (secondary N) is 1. The lowest BCUT2D eigenvalue weighted by Gasteiger charge is -2.18. The zero-order valence-corrected chi connectivity index (χ0v) is 12.2. The molecule has 20 heavy (non-hydrogen) atoms. The lowest BCUT2D eigenvalue weighted by atomic mass is 10.0. The van der Waals surface area contributed by atoms with Crippen LogP contribution in [0, 0.1) is 18.7 Å². The highest BCUT2D eigenvalue weighted by molar-refractivity contribution is 5.96. The Balaban J connectivity index is 2.87. The second-order valence-electron chi connectivity index (χ2n) is 5.20. The van der Waals surface area contributed by atoms with Crippen LogP contribution in [0.25, 0.3) is 0 Å². The fraction of sp³-hybridized carbons (Fsp3) is 0.467. The number of halogens is 1. The van der Waals surface area contributed by atoms with Gasteiger partial charge in [0.25, 0.3) is 5.91 Å². The molecule has 1 rings (SSSR count). The molecule has 0 heterocycles. The molecule has 0 bridgehead atoms. The summed E-state index contributed by atoms with van der Waals surface area (Å²) in [4.78, 5) is 23.7. The summed E-state index contributed by atoms with van der Waals surface area (Å²) in [6.07, 6.45) is 0.465. The van der Waals surface area contributed by atoms with E-state index in [0.29, 0.717) is 12.0 Å². The molecule has 0 radical (unpaired) electrons. The molecular formula is C15H20FNO3. The zero-order chi connectivity index (χ0) is 15.3. The molecule has 4 nitrogen and oxygen atoms in total. The predicted molar refractivity (Wildman–Crippen MR) is 73.9 cm³/mol. The van der Waals surface area contributed by atoms with Crippen LogP contribution in [0.2, 0.25) is 0 Å². The topological polar surface area (TPSA) is 55.4 Å². The largest absolute Gasteiger partial charge is 0.467 e. The van der Waals surface area contributed by atoms with E-state index in [2.05, 4.69) is 10.1 Å². The lowest BCUT2D eigenvalue weighted by molar-refractivity contribution is -0.143. The van der Waals surface area contributed by atoms with E-state index in [1.54, 1.807) is 13.0 Å². The maximum absolute atomic E-state index is 13.3. The first-order valence-electron chi connectivity index (χ1n) is 6.49. The van der Waals surface area contributed by atoms with Crippen molar-refractivity contribution in [2.45, 2.75) is 33.2 Å². The number of ether oxygens (including phenoxy) is 1. The van der Waals surface area contributed by atoms with Crippen molar-refractivity contribution >= 4 is 11.9 Å². The first kappa shape index (κ1) is 16.1. The van der Waals surface area contributed by atoms with Crippen molar-refractivity contribution in [2.75, 3.05) is 7.11 Å². The van der Waals surface area contributed by atoms with E-state index in [-0.39, 0.29) is 11.5 Å². The van der Waals surface area contributed by atoms with Gasteiger partial charge in [-0.3, -0.25) is 4.79 Å². The number of methoxy groups -OCH3 is 1. The molecule has 1 aromatic rings. The van der Waals surface area contributed by atoms with Crippen LogP contribution < -0.4 is 5.32 Å². The number of hydrogen-bond acceptors (Lipinski definition) is 3. The van der Waals surface area contributed by atoms with Crippen LogP contribution in [0.15, 0.2) is 18.2 Å². The van der Waals surface area contributed by atoms with E-state index in [1.807, 2.05) is 13.8 Å². The molecule has 0 aliphatic carbocycles. The Kier molecular flexibility index (Phi) is 5.67. The SMILES string of the molecule is COC(=O)C(CC(C)C)NC(=O)c1cc(C)cc(F)c1. The summed E-state index contributed by atoms with van der Waals surface area (Å²) in [5.41, 5.74) is 0.841. The van der Waals surface area contributed by atoms with E-state index >= 15 is 0 Å². The number of carbonyl (C=O) groups is 2. The van der Waals surface area contributed by atoms with Crippen LogP contribution in [0.5, 0.6) is 0 Å². The zero-order valence-electron chi connectivity index (χ0n) is 12.2. The van der Waals surface area contributed by atoms with Gasteiger partial charge in [0.15, 0.2) is 0 Å². The molecule has 1 N–H and O–H groups in total. The molecule has 1 atom stereocenters. The van der Waals surface area contributed by atoms with Gasteiger partial charge < -0.3 is 10.1 Å². The Morgan fingerprint density at radius 3 is 2.45 bits per heavy atom. The molecule has 0 aliphatic heterocycles. The number of carbonyl (C=O) groups excluding carboxylic acids is 2. The van der Waals surface area contributed by atoms with Crippen LogP contribution in [0.4, 0.5) is 4.39 Å². The average Bonchev–Trinajstić information content (AvgIpc) is 2.35. The lowest BCUT2D eigenvalue weighted by Crippen LogP contribution is -2.42. The quantitative estimate of drug-likeness (QED) is 0.843. The fourth-order valence-corrected chi connectivity index (χ4v) is 1.94. The van der Waals surface area contributed by atoms with Gasteiger partial charge in [0.05, 0.1) is 7.11 Å². The van der Waals surface area contributed by atoms with Crippen LogP contribution in [-0.4, -0.2) is 25.0 Å². The number of rotatable bonds is 5. The molecule has 1 unspecified atom stereocenters. The van der Waals surface area contributed by atoms with Crippen molar-refractivity contribution in [3.63, 3.8) is 0 Å². The summed E-state index contributed by atoms with van der Waals surface area (Å²) in [5.74, 6) is -1.24. The molecule has 0 spiro atoms. The normalized spacial score (nSPS) is 12.1. The monoisotopic (exact) mass is 281 g/mol. The maximum Gasteiger partial charge on any atom is 0.328 e. The van der Waals surface area contributed by atoms with Gasteiger partial charge in [0, 0.05) is 5.56 Å². The van der Waals surface area contributed by atoms with E-state index < -0.39 is 23.7 Å². The van der Waals surface area contributed by atoms with E-state index in [0.717, 1.165) is 6.07 Å². The molecule has 0 saturated carbocycles. The summed E-state index contributed by atoms with van der Waals surface area (Å²) >= 11 is 0. The molecular weight excluding hydrogens is 261 g/mol. The van der Waals surface area contributed by atoms with Gasteiger partial charge in [-0.25, -0.2) is 9.18 Å². The number of benzene rings is 1. The Morgan fingerprint density at radius 1 is 1.30 bits per heavy atom. The van der Waals surface area contributed by atoms with Crippen molar-refractivity contribution in [3.05, 3.63) is 35.1 Å². The van der Waals surface area contributed by atoms with Crippen molar-refractivity contribution in [1.29, 1.82) is 0 Å². The van der Waals surface area contributed by atoms with Crippen LogP contribution in [0.3, 0.4) is 0 Å². The highest BCUT2D eigenvalue weighted by atomic mass is 19.1. The van der Waals surface area contributed by atoms with E-state index in [4.69, 9.17) is 0 Å². The third-order valence-electron chi connectivity index (χ3n) is 2.80. The van der Waals surface area contributed by atoms with Crippen LogP contribution in [0.1, 0.15) is 36.2 Å². The summed E-state index contributed by atoms with van der Waals surface area (Å²) in [5, 5.41) is 2.59. The molecule has 1 amide bonds. The van der Waals surface area contributed by atoms with Crippen LogP contribution in [-0.2, 0) is 9.53 Å². The first-order valence-corrected chi connectivity index (χ1v) is 6.49. The Morgan fingerprint density at radius 2 is 1.95 bits per heavy atom. The predicted octanol–water partition coefficient (Wildman–Crippen LogP) is 2.45. The van der Waals surface area contributed by atoms with Gasteiger partial charge in [0.1, 0.15) is 11.9 Å².